The average Bonchev–Trinajstić information content (AvgIpc) is 2.26. The van der Waals surface area contributed by atoms with Crippen LogP contribution in [0.25, 0.3) is 0 Å². The molecule has 2 atom stereocenters. The molecule has 6 heteroatoms. The summed E-state index contributed by atoms with van der Waals surface area (Å²) in [5.74, 6) is -1.13. The highest BCUT2D eigenvalue weighted by Gasteiger charge is 2.23. The van der Waals surface area contributed by atoms with Crippen molar-refractivity contribution in [3.05, 3.63) is 0 Å². The van der Waals surface area contributed by atoms with Crippen molar-refractivity contribution in [1.82, 2.24) is 5.32 Å². The van der Waals surface area contributed by atoms with Gasteiger partial charge in [-0.3, -0.25) is 4.79 Å². The van der Waals surface area contributed by atoms with Gasteiger partial charge in [-0.15, -0.1) is 0 Å². The number of carbonyl (C=O) groups is 2. The van der Waals surface area contributed by atoms with E-state index in [1.54, 1.807) is 0 Å². The molecular weight excluding hydrogens is 234 g/mol. The Labute approximate surface area is 108 Å². The first-order valence-electron chi connectivity index (χ1n) is 6.37. The number of nitrogens with one attached hydrogen (secondary N) is 1. The van der Waals surface area contributed by atoms with Crippen LogP contribution in [0, 0.1) is 5.92 Å². The van der Waals surface area contributed by atoms with Crippen molar-refractivity contribution >= 4 is 11.9 Å². The van der Waals surface area contributed by atoms with E-state index in [2.05, 4.69) is 5.32 Å². The number of unbranched alkanes of at least 4 members (excludes halogenated alkanes) is 1. The Bertz CT molecular complexity index is 269. The van der Waals surface area contributed by atoms with E-state index < -0.39 is 24.0 Å². The Morgan fingerprint density at radius 1 is 1.28 bits per heavy atom. The number of carbonyl (C=O) groups excluding carboxylic acids is 1. The first-order chi connectivity index (χ1) is 8.38. The highest BCUT2D eigenvalue weighted by Crippen LogP contribution is 2.05. The largest absolute Gasteiger partial charge is 0.480 e. The zero-order chi connectivity index (χ0) is 14.1. The molecule has 106 valence electrons. The van der Waals surface area contributed by atoms with Gasteiger partial charge in [0, 0.05) is 0 Å². The maximum Gasteiger partial charge on any atom is 0.326 e. The van der Waals surface area contributed by atoms with Crippen LogP contribution >= 0.6 is 0 Å². The van der Waals surface area contributed by atoms with E-state index in [-0.39, 0.29) is 0 Å². The number of rotatable bonds is 9. The second kappa shape index (κ2) is 8.88. The van der Waals surface area contributed by atoms with Crippen LogP contribution in [-0.2, 0) is 9.59 Å². The van der Waals surface area contributed by atoms with E-state index in [9.17, 15) is 9.59 Å². The monoisotopic (exact) mass is 259 g/mol. The van der Waals surface area contributed by atoms with Gasteiger partial charge in [-0.1, -0.05) is 13.8 Å². The van der Waals surface area contributed by atoms with E-state index >= 15 is 0 Å². The predicted octanol–water partition coefficient (Wildman–Crippen LogP) is 0.0582. The van der Waals surface area contributed by atoms with E-state index in [1.165, 1.54) is 0 Å². The van der Waals surface area contributed by atoms with Crippen LogP contribution in [0.5, 0.6) is 0 Å². The molecule has 0 saturated carbocycles. The van der Waals surface area contributed by atoms with Crippen LogP contribution < -0.4 is 16.8 Å². The Morgan fingerprint density at radius 2 is 1.89 bits per heavy atom. The van der Waals surface area contributed by atoms with E-state index in [4.69, 9.17) is 16.6 Å². The number of amides is 1. The van der Waals surface area contributed by atoms with Gasteiger partial charge in [0.15, 0.2) is 0 Å². The summed E-state index contributed by atoms with van der Waals surface area (Å²) < 4.78 is 0. The normalized spacial score (nSPS) is 14.3. The van der Waals surface area contributed by atoms with Crippen molar-refractivity contribution in [2.75, 3.05) is 6.54 Å². The van der Waals surface area contributed by atoms with E-state index in [0.717, 1.165) is 6.42 Å². The maximum absolute atomic E-state index is 11.7. The standard InChI is InChI=1S/C12H25N3O3/c1-8(2)7-9(14)11(16)15-10(12(17)18)5-3-4-6-13/h8-10H,3-7,13-14H2,1-2H3,(H,15,16)(H,17,18)/t9-,10+/m0/s1. The summed E-state index contributed by atoms with van der Waals surface area (Å²) in [7, 11) is 0. The first kappa shape index (κ1) is 16.9. The lowest BCUT2D eigenvalue weighted by Gasteiger charge is -2.18. The second-order valence-electron chi connectivity index (χ2n) is 4.92. The molecule has 0 rings (SSSR count). The van der Waals surface area contributed by atoms with Gasteiger partial charge in [-0.2, -0.15) is 0 Å². The Balaban J connectivity index is 4.22. The van der Waals surface area contributed by atoms with Crippen molar-refractivity contribution in [3.63, 3.8) is 0 Å². The summed E-state index contributed by atoms with van der Waals surface area (Å²) in [5, 5.41) is 11.5. The van der Waals surface area contributed by atoms with Crippen molar-refractivity contribution in [1.29, 1.82) is 0 Å². The molecule has 0 aliphatic carbocycles. The lowest BCUT2D eigenvalue weighted by Crippen LogP contribution is -2.48. The summed E-state index contributed by atoms with van der Waals surface area (Å²) in [6.45, 7) is 4.44. The highest BCUT2D eigenvalue weighted by atomic mass is 16.4. The molecule has 0 spiro atoms. The van der Waals surface area contributed by atoms with Crippen molar-refractivity contribution < 1.29 is 14.7 Å². The van der Waals surface area contributed by atoms with Crippen LogP contribution in [-0.4, -0.2) is 35.6 Å². The number of carboxylic acid groups (broad SMARTS) is 1. The van der Waals surface area contributed by atoms with Crippen molar-refractivity contribution in [2.45, 2.75) is 51.6 Å². The molecule has 6 N–H and O–H groups in total. The number of hydrogen-bond acceptors (Lipinski definition) is 4. The molecule has 6 nitrogen and oxygen atoms in total. The molecule has 0 aromatic heterocycles. The lowest BCUT2D eigenvalue weighted by atomic mass is 10.0. The summed E-state index contributed by atoms with van der Waals surface area (Å²) >= 11 is 0. The zero-order valence-electron chi connectivity index (χ0n) is 11.2. The third-order valence-electron chi connectivity index (χ3n) is 2.62. The third kappa shape index (κ3) is 7.24. The minimum absolute atomic E-state index is 0.297. The molecule has 0 heterocycles. The fourth-order valence-electron chi connectivity index (χ4n) is 1.64. The molecule has 0 aliphatic heterocycles. The van der Waals surface area contributed by atoms with Gasteiger partial charge >= 0.3 is 5.97 Å². The molecule has 0 bridgehead atoms. The Kier molecular flexibility index (Phi) is 8.32. The molecule has 0 aromatic rings. The predicted molar refractivity (Wildman–Crippen MR) is 69.9 cm³/mol. The smallest absolute Gasteiger partial charge is 0.326 e. The van der Waals surface area contributed by atoms with Crippen LogP contribution in [0.15, 0.2) is 0 Å². The molecule has 0 fully saturated rings. The first-order valence-corrected chi connectivity index (χ1v) is 6.37. The Hall–Kier alpha value is -1.14. The van der Waals surface area contributed by atoms with Gasteiger partial charge in [-0.05, 0) is 38.1 Å². The fraction of sp³-hybridized carbons (Fsp3) is 0.833. The zero-order valence-corrected chi connectivity index (χ0v) is 11.2. The molecule has 18 heavy (non-hydrogen) atoms. The number of carboxylic acids is 1. The molecule has 0 saturated heterocycles. The second-order valence-corrected chi connectivity index (χ2v) is 4.92. The van der Waals surface area contributed by atoms with Crippen LogP contribution in [0.1, 0.15) is 39.5 Å². The molecule has 0 unspecified atom stereocenters. The number of nitrogens with two attached hydrogens (primary N) is 2. The highest BCUT2D eigenvalue weighted by molar-refractivity contribution is 5.86. The topological polar surface area (TPSA) is 118 Å². The van der Waals surface area contributed by atoms with Crippen molar-refractivity contribution in [2.24, 2.45) is 17.4 Å². The maximum atomic E-state index is 11.7. The average molecular weight is 259 g/mol. The molecule has 1 amide bonds. The number of hydrogen-bond donors (Lipinski definition) is 4. The van der Waals surface area contributed by atoms with Crippen LogP contribution in [0.4, 0.5) is 0 Å². The summed E-state index contributed by atoms with van der Waals surface area (Å²) in [5.41, 5.74) is 11.0. The molecular formula is C12H25N3O3. The quantitative estimate of drug-likeness (QED) is 0.437. The van der Waals surface area contributed by atoms with Crippen LogP contribution in [0.2, 0.25) is 0 Å². The molecule has 0 aliphatic rings. The minimum Gasteiger partial charge on any atom is -0.480 e. The summed E-state index contributed by atoms with van der Waals surface area (Å²) in [4.78, 5) is 22.7. The van der Waals surface area contributed by atoms with E-state index in [0.29, 0.717) is 31.7 Å². The fourth-order valence-corrected chi connectivity index (χ4v) is 1.64. The van der Waals surface area contributed by atoms with Gasteiger partial charge in [0.1, 0.15) is 6.04 Å². The SMILES string of the molecule is CC(C)C[C@H](N)C(=O)N[C@H](CCCCN)C(=O)O. The third-order valence-corrected chi connectivity index (χ3v) is 2.62. The van der Waals surface area contributed by atoms with Gasteiger partial charge in [0.25, 0.3) is 0 Å². The summed E-state index contributed by atoms with van der Waals surface area (Å²) in [6, 6.07) is -1.52. The van der Waals surface area contributed by atoms with Gasteiger partial charge in [-0.25, -0.2) is 4.79 Å². The van der Waals surface area contributed by atoms with Crippen LogP contribution in [0.3, 0.4) is 0 Å². The summed E-state index contributed by atoms with van der Waals surface area (Å²) in [6.07, 6.45) is 2.35. The lowest BCUT2D eigenvalue weighted by molar-refractivity contribution is -0.142. The molecule has 0 aromatic carbocycles. The minimum atomic E-state index is -1.03. The van der Waals surface area contributed by atoms with Gasteiger partial charge in [0.2, 0.25) is 5.91 Å². The molecule has 0 radical (unpaired) electrons. The van der Waals surface area contributed by atoms with E-state index in [1.807, 2.05) is 13.8 Å². The van der Waals surface area contributed by atoms with Gasteiger partial charge < -0.3 is 21.9 Å². The van der Waals surface area contributed by atoms with Crippen molar-refractivity contribution in [3.8, 4) is 0 Å². The number of aliphatic carboxylic acids is 1. The van der Waals surface area contributed by atoms with Gasteiger partial charge in [0.05, 0.1) is 6.04 Å². The Morgan fingerprint density at radius 3 is 2.33 bits per heavy atom.